The summed E-state index contributed by atoms with van der Waals surface area (Å²) in [7, 11) is 0. The lowest BCUT2D eigenvalue weighted by atomic mass is 9.82. The van der Waals surface area contributed by atoms with Gasteiger partial charge in [0.25, 0.3) is 0 Å². The van der Waals surface area contributed by atoms with Crippen LogP contribution in [0.5, 0.6) is 0 Å². The van der Waals surface area contributed by atoms with Crippen LogP contribution in [0.15, 0.2) is 0 Å². The Hall–Kier alpha value is -1.47. The van der Waals surface area contributed by atoms with E-state index in [2.05, 4.69) is 0 Å². The van der Waals surface area contributed by atoms with E-state index in [0.29, 0.717) is 20.8 Å². The fourth-order valence-electron chi connectivity index (χ4n) is 2.37. The summed E-state index contributed by atoms with van der Waals surface area (Å²) >= 11 is 0. The predicted octanol–water partition coefficient (Wildman–Crippen LogP) is 8.70. The van der Waals surface area contributed by atoms with Crippen LogP contribution < -0.4 is 0 Å². The molecule has 0 unspecified atom stereocenters. The summed E-state index contributed by atoms with van der Waals surface area (Å²) in [5.41, 5.74) is -2.25. The highest BCUT2D eigenvalue weighted by molar-refractivity contribution is 5.18. The van der Waals surface area contributed by atoms with Gasteiger partial charge in [-0.15, -0.1) is 0 Å². The van der Waals surface area contributed by atoms with Crippen LogP contribution in [-0.4, -0.2) is 59.5 Å². The lowest BCUT2D eigenvalue weighted by molar-refractivity contribution is -0.474. The molecule has 0 bridgehead atoms. The summed E-state index contributed by atoms with van der Waals surface area (Å²) in [6, 6.07) is 0. The van der Waals surface area contributed by atoms with Crippen LogP contribution in [0.4, 0.5) is 92.2 Å². The Bertz CT molecular complexity index is 793. The second-order valence-corrected chi connectivity index (χ2v) is 8.53. The van der Waals surface area contributed by atoms with E-state index >= 15 is 0 Å². The molecule has 0 aromatic rings. The van der Waals surface area contributed by atoms with Gasteiger partial charge in [-0.25, -0.2) is 0 Å². The van der Waals surface area contributed by atoms with E-state index in [0.717, 1.165) is 0 Å². The van der Waals surface area contributed by atoms with E-state index in [4.69, 9.17) is 0 Å². The first-order valence-electron chi connectivity index (χ1n) is 8.43. The Morgan fingerprint density at radius 2 is 0.500 bits per heavy atom. The quantitative estimate of drug-likeness (QED) is 0.236. The van der Waals surface area contributed by atoms with Crippen LogP contribution in [0.3, 0.4) is 0 Å². The van der Waals surface area contributed by atoms with Gasteiger partial charge in [-0.1, -0.05) is 20.8 Å². The number of hydrogen-bond acceptors (Lipinski definition) is 0. The third-order valence-electron chi connectivity index (χ3n) is 4.33. The van der Waals surface area contributed by atoms with E-state index in [1.165, 1.54) is 0 Å². The van der Waals surface area contributed by atoms with Crippen LogP contribution in [-0.2, 0) is 0 Å². The molecule has 0 aliphatic rings. The topological polar surface area (TPSA) is 0 Å². The van der Waals surface area contributed by atoms with Crippen molar-refractivity contribution in [3.05, 3.63) is 0 Å². The van der Waals surface area contributed by atoms with Crippen LogP contribution in [0, 0.1) is 5.41 Å². The van der Waals surface area contributed by atoms with Gasteiger partial charge in [0.1, 0.15) is 0 Å². The van der Waals surface area contributed by atoms with E-state index in [-0.39, 0.29) is 0 Å². The minimum absolute atomic E-state index is 0.541. The predicted molar refractivity (Wildman–Crippen MR) is 74.6 cm³/mol. The highest BCUT2D eigenvalue weighted by Gasteiger charge is 2.97. The number of halogens is 21. The first-order valence-corrected chi connectivity index (χ1v) is 8.43. The van der Waals surface area contributed by atoms with Gasteiger partial charge in [0.05, 0.1) is 0 Å². The lowest BCUT2D eigenvalue weighted by Gasteiger charge is -2.45. The minimum atomic E-state index is -9.14. The Labute approximate surface area is 185 Å². The van der Waals surface area contributed by atoms with Crippen LogP contribution >= 0.6 is 0 Å². The molecule has 21 heteroatoms. The summed E-state index contributed by atoms with van der Waals surface area (Å²) in [6.07, 6.45) is -10.6. The highest BCUT2D eigenvalue weighted by Crippen LogP contribution is 2.66. The largest absolute Gasteiger partial charge is 0.460 e. The molecule has 0 rings (SSSR count). The van der Waals surface area contributed by atoms with E-state index < -0.39 is 71.3 Å². The molecule has 36 heavy (non-hydrogen) atoms. The summed E-state index contributed by atoms with van der Waals surface area (Å²) in [5.74, 6) is -76.4. The summed E-state index contributed by atoms with van der Waals surface area (Å²) < 4.78 is 277. The van der Waals surface area contributed by atoms with E-state index in [1.54, 1.807) is 0 Å². The molecule has 0 radical (unpaired) electrons. The second kappa shape index (κ2) is 8.26. The molecule has 0 fully saturated rings. The maximum absolute atomic E-state index is 13.6. The molecule has 0 amide bonds. The summed E-state index contributed by atoms with van der Waals surface area (Å²) in [6.45, 7) is 1.62. The van der Waals surface area contributed by atoms with Crippen molar-refractivity contribution in [1.82, 2.24) is 0 Å². The Morgan fingerprint density at radius 1 is 0.306 bits per heavy atom. The zero-order valence-electron chi connectivity index (χ0n) is 17.1. The van der Waals surface area contributed by atoms with Crippen molar-refractivity contribution in [3.63, 3.8) is 0 Å². The number of rotatable bonds is 9. The van der Waals surface area contributed by atoms with Gasteiger partial charge >= 0.3 is 59.5 Å². The van der Waals surface area contributed by atoms with Gasteiger partial charge in [0.15, 0.2) is 0 Å². The normalized spacial score (nSPS) is 17.0. The van der Waals surface area contributed by atoms with Crippen molar-refractivity contribution in [2.45, 2.75) is 86.7 Å². The molecule has 0 N–H and O–H groups in total. The maximum atomic E-state index is 13.6. The molecule has 0 aliphatic heterocycles. The maximum Gasteiger partial charge on any atom is 0.460 e. The fraction of sp³-hybridized carbons (Fsp3) is 1.00. The second-order valence-electron chi connectivity index (χ2n) is 8.53. The van der Waals surface area contributed by atoms with E-state index in [9.17, 15) is 92.2 Å². The minimum Gasteiger partial charge on any atom is -0.200 e. The smallest absolute Gasteiger partial charge is 0.200 e. The average Bonchev–Trinajstić information content (AvgIpc) is 2.57. The molecular formula is C15H11F21. The Balaban J connectivity index is 7.06. The molecule has 0 aromatic heterocycles. The highest BCUT2D eigenvalue weighted by atomic mass is 19.4. The van der Waals surface area contributed by atoms with Gasteiger partial charge in [-0.3, -0.25) is 0 Å². The molecule has 0 saturated carbocycles. The monoisotopic (exact) mass is 590 g/mol. The first-order chi connectivity index (χ1) is 15.0. The summed E-state index contributed by atoms with van der Waals surface area (Å²) in [4.78, 5) is 0. The van der Waals surface area contributed by atoms with Gasteiger partial charge in [0.2, 0.25) is 0 Å². The number of alkyl halides is 21. The molecule has 0 saturated heterocycles. The SMILES string of the molecule is CC(C)(C)CC(F)(F)C(F)(F)C(F)(F)C(F)(F)C(F)(F)C(F)(F)C(F)(F)C(F)(F)C(F)(F)C(F)(F)F. The Morgan fingerprint density at radius 3 is 0.694 bits per heavy atom. The molecule has 218 valence electrons. The average molecular weight is 590 g/mol. The molecule has 0 aromatic carbocycles. The van der Waals surface area contributed by atoms with Crippen molar-refractivity contribution in [3.8, 4) is 0 Å². The third kappa shape index (κ3) is 4.42. The Kier molecular flexibility index (Phi) is 7.93. The molecule has 0 spiro atoms. The fourth-order valence-corrected chi connectivity index (χ4v) is 2.37. The third-order valence-corrected chi connectivity index (χ3v) is 4.33. The van der Waals surface area contributed by atoms with Gasteiger partial charge in [-0.05, 0) is 5.41 Å². The zero-order valence-corrected chi connectivity index (χ0v) is 17.1. The summed E-state index contributed by atoms with van der Waals surface area (Å²) in [5, 5.41) is 0. The van der Waals surface area contributed by atoms with Crippen LogP contribution in [0.2, 0.25) is 0 Å². The standard InChI is InChI=1S/C15H11F21/c1-5(2,3)4-6(16,17)7(18,19)8(20,21)9(22,23)10(24,25)11(26,27)12(28,29)13(30,31)14(32,33)15(34,35)36/h4H2,1-3H3. The van der Waals surface area contributed by atoms with Crippen molar-refractivity contribution >= 4 is 0 Å². The van der Waals surface area contributed by atoms with E-state index in [1.807, 2.05) is 0 Å². The van der Waals surface area contributed by atoms with Crippen LogP contribution in [0.1, 0.15) is 27.2 Å². The molecule has 0 nitrogen and oxygen atoms in total. The molecule has 0 atom stereocenters. The van der Waals surface area contributed by atoms with Crippen LogP contribution in [0.25, 0.3) is 0 Å². The van der Waals surface area contributed by atoms with Gasteiger partial charge in [0, 0.05) is 6.42 Å². The van der Waals surface area contributed by atoms with Crippen molar-refractivity contribution in [1.29, 1.82) is 0 Å². The van der Waals surface area contributed by atoms with Crippen molar-refractivity contribution < 1.29 is 92.2 Å². The van der Waals surface area contributed by atoms with Gasteiger partial charge in [-0.2, -0.15) is 92.2 Å². The van der Waals surface area contributed by atoms with Gasteiger partial charge < -0.3 is 0 Å². The molecule has 0 heterocycles. The van der Waals surface area contributed by atoms with Crippen molar-refractivity contribution in [2.75, 3.05) is 0 Å². The zero-order chi connectivity index (χ0) is 30.2. The number of hydrogen-bond donors (Lipinski definition) is 0. The lowest BCUT2D eigenvalue weighted by Crippen LogP contribution is -2.76. The molecular weight excluding hydrogens is 579 g/mol. The first kappa shape index (κ1) is 34.5. The molecule has 0 aliphatic carbocycles. The van der Waals surface area contributed by atoms with Crippen molar-refractivity contribution in [2.24, 2.45) is 5.41 Å².